The van der Waals surface area contributed by atoms with E-state index < -0.39 is 0 Å². The molecule has 1 N–H and O–H groups in total. The molecule has 6 rings (SSSR count). The molecule has 4 aliphatic carbocycles. The van der Waals surface area contributed by atoms with E-state index in [9.17, 15) is 0 Å². The van der Waals surface area contributed by atoms with Gasteiger partial charge in [0.15, 0.2) is 0 Å². The van der Waals surface area contributed by atoms with Gasteiger partial charge in [0.05, 0.1) is 5.52 Å². The molecule has 3 heteroatoms. The van der Waals surface area contributed by atoms with Crippen molar-refractivity contribution in [1.82, 2.24) is 10.3 Å². The molecular formula is C20H23ClN2. The number of aromatic nitrogens is 1. The molecule has 2 aromatic rings. The van der Waals surface area contributed by atoms with Gasteiger partial charge < -0.3 is 5.32 Å². The average Bonchev–Trinajstić information content (AvgIpc) is 2.51. The van der Waals surface area contributed by atoms with Crippen LogP contribution in [-0.2, 0) is 6.54 Å². The first-order valence-corrected chi connectivity index (χ1v) is 9.36. The highest BCUT2D eigenvalue weighted by Gasteiger charge is 2.50. The Bertz CT molecular complexity index is 719. The van der Waals surface area contributed by atoms with Gasteiger partial charge in [-0.1, -0.05) is 29.8 Å². The Morgan fingerprint density at radius 1 is 1.04 bits per heavy atom. The molecule has 4 saturated carbocycles. The van der Waals surface area contributed by atoms with E-state index in [0.29, 0.717) is 10.7 Å². The van der Waals surface area contributed by atoms with Gasteiger partial charge >= 0.3 is 0 Å². The number of para-hydroxylation sites is 1. The molecule has 4 fully saturated rings. The lowest BCUT2D eigenvalue weighted by Gasteiger charge is -2.57. The van der Waals surface area contributed by atoms with Crippen LogP contribution in [0.25, 0.3) is 10.9 Å². The fraction of sp³-hybridized carbons (Fsp3) is 0.550. The summed E-state index contributed by atoms with van der Waals surface area (Å²) in [4.78, 5) is 4.57. The third-order valence-corrected chi connectivity index (χ3v) is 6.77. The first-order valence-electron chi connectivity index (χ1n) is 8.98. The molecule has 0 spiro atoms. The summed E-state index contributed by atoms with van der Waals surface area (Å²) in [6.07, 6.45) is 8.57. The Morgan fingerprint density at radius 3 is 2.39 bits per heavy atom. The lowest BCUT2D eigenvalue weighted by atomic mass is 9.53. The maximum absolute atomic E-state index is 6.44. The summed E-state index contributed by atoms with van der Waals surface area (Å²) in [5.74, 6) is 2.91. The van der Waals surface area contributed by atoms with Crippen LogP contribution in [0.5, 0.6) is 0 Å². The van der Waals surface area contributed by atoms with Crippen molar-refractivity contribution in [2.45, 2.75) is 50.6 Å². The smallest absolute Gasteiger partial charge is 0.134 e. The summed E-state index contributed by atoms with van der Waals surface area (Å²) in [6, 6.07) is 10.4. The minimum absolute atomic E-state index is 0.379. The SMILES string of the molecule is Clc1nc2ccccc2cc1CNC12CC3CC(CC(C3)C1)C2. The molecule has 0 amide bonds. The normalized spacial score (nSPS) is 35.1. The van der Waals surface area contributed by atoms with E-state index in [1.165, 1.54) is 43.9 Å². The number of nitrogens with zero attached hydrogens (tertiary/aromatic N) is 1. The van der Waals surface area contributed by atoms with Crippen molar-refractivity contribution in [3.8, 4) is 0 Å². The Hall–Kier alpha value is -1.12. The number of fused-ring (bicyclic) bond motifs is 1. The lowest BCUT2D eigenvalue weighted by Crippen LogP contribution is -2.58. The molecule has 0 radical (unpaired) electrons. The van der Waals surface area contributed by atoms with Gasteiger partial charge in [-0.15, -0.1) is 0 Å². The van der Waals surface area contributed by atoms with Gasteiger partial charge in [-0.25, -0.2) is 4.98 Å². The molecule has 1 aromatic carbocycles. The van der Waals surface area contributed by atoms with Crippen LogP contribution in [0.3, 0.4) is 0 Å². The standard InChI is InChI=1S/C20H23ClN2/c21-19-17(8-16-3-1-2-4-18(16)23-19)12-22-20-9-13-5-14(10-20)7-15(6-13)11-20/h1-4,8,13-15,22H,5-7,9-12H2. The summed E-state index contributed by atoms with van der Waals surface area (Å²) >= 11 is 6.44. The van der Waals surface area contributed by atoms with E-state index in [4.69, 9.17) is 11.6 Å². The summed E-state index contributed by atoms with van der Waals surface area (Å²) in [5, 5.41) is 5.76. The van der Waals surface area contributed by atoms with E-state index in [-0.39, 0.29) is 0 Å². The number of halogens is 1. The van der Waals surface area contributed by atoms with E-state index in [1.807, 2.05) is 12.1 Å². The minimum atomic E-state index is 0.379. The van der Waals surface area contributed by atoms with Crippen LogP contribution in [0, 0.1) is 17.8 Å². The Labute approximate surface area is 142 Å². The van der Waals surface area contributed by atoms with E-state index >= 15 is 0 Å². The molecule has 0 saturated heterocycles. The quantitative estimate of drug-likeness (QED) is 0.807. The molecule has 0 aliphatic heterocycles. The predicted molar refractivity (Wildman–Crippen MR) is 94.5 cm³/mol. The predicted octanol–water partition coefficient (Wildman–Crippen LogP) is 4.95. The number of hydrogen-bond donors (Lipinski definition) is 1. The highest BCUT2D eigenvalue weighted by Crippen LogP contribution is 2.55. The molecule has 0 unspecified atom stereocenters. The second kappa shape index (κ2) is 5.19. The minimum Gasteiger partial charge on any atom is -0.307 e. The van der Waals surface area contributed by atoms with Gasteiger partial charge in [-0.2, -0.15) is 0 Å². The number of hydrogen-bond acceptors (Lipinski definition) is 2. The molecule has 2 nitrogen and oxygen atoms in total. The van der Waals surface area contributed by atoms with Crippen molar-refractivity contribution in [1.29, 1.82) is 0 Å². The largest absolute Gasteiger partial charge is 0.307 e. The van der Waals surface area contributed by atoms with Crippen LogP contribution in [0.2, 0.25) is 5.15 Å². The zero-order chi connectivity index (χ0) is 15.4. The van der Waals surface area contributed by atoms with Gasteiger partial charge in [0.25, 0.3) is 0 Å². The van der Waals surface area contributed by atoms with Crippen LogP contribution in [-0.4, -0.2) is 10.5 Å². The number of pyridine rings is 1. The first-order chi connectivity index (χ1) is 11.2. The van der Waals surface area contributed by atoms with E-state index in [1.54, 1.807) is 0 Å². The van der Waals surface area contributed by atoms with Crippen LogP contribution in [0.15, 0.2) is 30.3 Å². The average molecular weight is 327 g/mol. The van der Waals surface area contributed by atoms with E-state index in [2.05, 4.69) is 28.5 Å². The van der Waals surface area contributed by atoms with Crippen LogP contribution < -0.4 is 5.32 Å². The van der Waals surface area contributed by atoms with Gasteiger partial charge in [-0.05, 0) is 68.4 Å². The second-order valence-electron chi connectivity index (χ2n) is 8.18. The molecule has 120 valence electrons. The molecule has 1 aromatic heterocycles. The van der Waals surface area contributed by atoms with Gasteiger partial charge in [-0.3, -0.25) is 0 Å². The summed E-state index contributed by atoms with van der Waals surface area (Å²) in [7, 11) is 0. The van der Waals surface area contributed by atoms with Crippen LogP contribution in [0.1, 0.15) is 44.1 Å². The molecule has 23 heavy (non-hydrogen) atoms. The number of rotatable bonds is 3. The Balaban J connectivity index is 1.39. The molecule has 4 bridgehead atoms. The monoisotopic (exact) mass is 326 g/mol. The van der Waals surface area contributed by atoms with Gasteiger partial charge in [0, 0.05) is 23.0 Å². The third-order valence-electron chi connectivity index (χ3n) is 6.44. The van der Waals surface area contributed by atoms with Gasteiger partial charge in [0.2, 0.25) is 0 Å². The van der Waals surface area contributed by atoms with E-state index in [0.717, 1.165) is 35.4 Å². The van der Waals surface area contributed by atoms with Gasteiger partial charge in [0.1, 0.15) is 5.15 Å². The number of nitrogens with one attached hydrogen (secondary N) is 1. The van der Waals surface area contributed by atoms with Crippen molar-refractivity contribution in [2.24, 2.45) is 17.8 Å². The Morgan fingerprint density at radius 2 is 1.70 bits per heavy atom. The fourth-order valence-corrected chi connectivity index (χ4v) is 6.08. The molecular weight excluding hydrogens is 304 g/mol. The summed E-state index contributed by atoms with van der Waals surface area (Å²) in [5.41, 5.74) is 2.50. The van der Waals surface area contributed by atoms with Crippen LogP contribution in [0.4, 0.5) is 0 Å². The summed E-state index contributed by atoms with van der Waals surface area (Å²) in [6.45, 7) is 0.850. The molecule has 1 heterocycles. The second-order valence-corrected chi connectivity index (χ2v) is 8.54. The highest BCUT2D eigenvalue weighted by molar-refractivity contribution is 6.30. The topological polar surface area (TPSA) is 24.9 Å². The Kier molecular flexibility index (Phi) is 3.21. The van der Waals surface area contributed by atoms with Crippen LogP contribution >= 0.6 is 11.6 Å². The van der Waals surface area contributed by atoms with Crippen molar-refractivity contribution >= 4 is 22.5 Å². The zero-order valence-electron chi connectivity index (χ0n) is 13.4. The highest BCUT2D eigenvalue weighted by atomic mass is 35.5. The zero-order valence-corrected chi connectivity index (χ0v) is 14.1. The van der Waals surface area contributed by atoms with Crippen molar-refractivity contribution in [2.75, 3.05) is 0 Å². The fourth-order valence-electron chi connectivity index (χ4n) is 5.87. The number of benzene rings is 1. The lowest BCUT2D eigenvalue weighted by molar-refractivity contribution is -0.0206. The summed E-state index contributed by atoms with van der Waals surface area (Å²) < 4.78 is 0. The maximum Gasteiger partial charge on any atom is 0.134 e. The van der Waals surface area contributed by atoms with Crippen molar-refractivity contribution < 1.29 is 0 Å². The first kappa shape index (κ1) is 14.2. The van der Waals surface area contributed by atoms with Crippen molar-refractivity contribution in [3.05, 3.63) is 41.0 Å². The van der Waals surface area contributed by atoms with Crippen molar-refractivity contribution in [3.63, 3.8) is 0 Å². The third kappa shape index (κ3) is 2.47. The molecule has 4 aliphatic rings. The molecule has 0 atom stereocenters. The maximum atomic E-state index is 6.44.